The molecule has 0 aliphatic carbocycles. The first-order valence-electron chi connectivity index (χ1n) is 8.52. The quantitative estimate of drug-likeness (QED) is 0.541. The molecule has 0 saturated carbocycles. The largest absolute Gasteiger partial charge is 0.228 e. The maximum Gasteiger partial charge on any atom is 0.160 e. The SMILES string of the molecule is C/C=C\C(=C/C)c1cc(-c2ccccc2)nc(-c2cccc(C)c2)n1. The lowest BCUT2D eigenvalue weighted by Crippen LogP contribution is -1.98. The van der Waals surface area contributed by atoms with E-state index in [1.54, 1.807) is 0 Å². The fourth-order valence-corrected chi connectivity index (χ4v) is 2.77. The summed E-state index contributed by atoms with van der Waals surface area (Å²) in [5, 5.41) is 0. The number of allylic oxidation sites excluding steroid dienone is 4. The van der Waals surface area contributed by atoms with Gasteiger partial charge in [-0.2, -0.15) is 0 Å². The van der Waals surface area contributed by atoms with E-state index in [9.17, 15) is 0 Å². The molecule has 0 radical (unpaired) electrons. The minimum Gasteiger partial charge on any atom is -0.228 e. The van der Waals surface area contributed by atoms with Crippen LogP contribution in [0.2, 0.25) is 0 Å². The Hall–Kier alpha value is -3.00. The van der Waals surface area contributed by atoms with Crippen LogP contribution in [0.1, 0.15) is 25.1 Å². The fraction of sp³-hybridized carbons (Fsp3) is 0.130. The molecule has 3 rings (SSSR count). The average molecular weight is 326 g/mol. The molecule has 0 spiro atoms. The third-order valence-corrected chi connectivity index (χ3v) is 4.02. The monoisotopic (exact) mass is 326 g/mol. The van der Waals surface area contributed by atoms with Gasteiger partial charge in [0.05, 0.1) is 11.4 Å². The van der Waals surface area contributed by atoms with E-state index in [1.165, 1.54) is 5.56 Å². The van der Waals surface area contributed by atoms with Crippen molar-refractivity contribution in [3.05, 3.63) is 90.1 Å². The molecule has 3 aromatic rings. The number of aryl methyl sites for hydroxylation is 1. The fourth-order valence-electron chi connectivity index (χ4n) is 2.77. The van der Waals surface area contributed by atoms with Crippen molar-refractivity contribution in [2.45, 2.75) is 20.8 Å². The van der Waals surface area contributed by atoms with Gasteiger partial charge < -0.3 is 0 Å². The van der Waals surface area contributed by atoms with Crippen LogP contribution < -0.4 is 0 Å². The van der Waals surface area contributed by atoms with Gasteiger partial charge in [-0.25, -0.2) is 9.97 Å². The van der Waals surface area contributed by atoms with Gasteiger partial charge in [-0.1, -0.05) is 72.3 Å². The summed E-state index contributed by atoms with van der Waals surface area (Å²) < 4.78 is 0. The molecule has 124 valence electrons. The van der Waals surface area contributed by atoms with Gasteiger partial charge in [0.2, 0.25) is 0 Å². The third-order valence-electron chi connectivity index (χ3n) is 4.02. The number of hydrogen-bond acceptors (Lipinski definition) is 2. The zero-order valence-corrected chi connectivity index (χ0v) is 14.9. The number of aromatic nitrogens is 2. The summed E-state index contributed by atoms with van der Waals surface area (Å²) in [5.41, 5.74) is 6.30. The van der Waals surface area contributed by atoms with Crippen molar-refractivity contribution < 1.29 is 0 Å². The van der Waals surface area contributed by atoms with Crippen LogP contribution in [0.3, 0.4) is 0 Å². The van der Waals surface area contributed by atoms with E-state index in [-0.39, 0.29) is 0 Å². The second kappa shape index (κ2) is 7.71. The Bertz CT molecular complexity index is 922. The zero-order valence-electron chi connectivity index (χ0n) is 14.9. The third kappa shape index (κ3) is 3.92. The van der Waals surface area contributed by atoms with Crippen LogP contribution in [0, 0.1) is 6.92 Å². The smallest absolute Gasteiger partial charge is 0.160 e. The highest BCUT2D eigenvalue weighted by Crippen LogP contribution is 2.26. The molecule has 0 saturated heterocycles. The summed E-state index contributed by atoms with van der Waals surface area (Å²) in [6.07, 6.45) is 6.19. The zero-order chi connectivity index (χ0) is 17.6. The Labute approximate surface area is 149 Å². The lowest BCUT2D eigenvalue weighted by Gasteiger charge is -2.10. The van der Waals surface area contributed by atoms with Gasteiger partial charge in [-0.05, 0) is 38.5 Å². The van der Waals surface area contributed by atoms with E-state index < -0.39 is 0 Å². The van der Waals surface area contributed by atoms with Crippen LogP contribution >= 0.6 is 0 Å². The highest BCUT2D eigenvalue weighted by Gasteiger charge is 2.10. The standard InChI is InChI=1S/C23H22N2/c1-4-10-18(5-2)21-16-22(19-12-7-6-8-13-19)25-23(24-21)20-14-9-11-17(3)15-20/h4-16H,1-3H3/b10-4-,18-5+. The molecule has 0 unspecified atom stereocenters. The predicted octanol–water partition coefficient (Wildman–Crippen LogP) is 6.10. The Morgan fingerprint density at radius 3 is 2.28 bits per heavy atom. The molecule has 1 aromatic heterocycles. The molecule has 2 nitrogen and oxygen atoms in total. The molecule has 0 atom stereocenters. The average Bonchev–Trinajstić information content (AvgIpc) is 2.66. The number of benzene rings is 2. The summed E-state index contributed by atoms with van der Waals surface area (Å²) in [5.74, 6) is 0.754. The highest BCUT2D eigenvalue weighted by atomic mass is 14.9. The lowest BCUT2D eigenvalue weighted by molar-refractivity contribution is 1.15. The van der Waals surface area contributed by atoms with E-state index in [4.69, 9.17) is 9.97 Å². The van der Waals surface area contributed by atoms with E-state index in [0.29, 0.717) is 0 Å². The molecule has 0 bridgehead atoms. The second-order valence-corrected chi connectivity index (χ2v) is 5.94. The number of rotatable bonds is 4. The summed E-state index contributed by atoms with van der Waals surface area (Å²) in [6, 6.07) is 20.6. The molecular formula is C23H22N2. The summed E-state index contributed by atoms with van der Waals surface area (Å²) in [6.45, 7) is 6.14. The Balaban J connectivity index is 2.21. The van der Waals surface area contributed by atoms with E-state index in [2.05, 4.69) is 55.5 Å². The summed E-state index contributed by atoms with van der Waals surface area (Å²) >= 11 is 0. The van der Waals surface area contributed by atoms with Crippen molar-refractivity contribution in [1.82, 2.24) is 9.97 Å². The van der Waals surface area contributed by atoms with Crippen molar-refractivity contribution in [1.29, 1.82) is 0 Å². The van der Waals surface area contributed by atoms with Gasteiger partial charge in [0, 0.05) is 11.1 Å². The van der Waals surface area contributed by atoms with Gasteiger partial charge >= 0.3 is 0 Å². The molecule has 0 amide bonds. The van der Waals surface area contributed by atoms with Crippen LogP contribution in [-0.2, 0) is 0 Å². The van der Waals surface area contributed by atoms with Gasteiger partial charge in [0.15, 0.2) is 5.82 Å². The Morgan fingerprint density at radius 2 is 1.60 bits per heavy atom. The van der Waals surface area contributed by atoms with Crippen LogP contribution in [0.4, 0.5) is 0 Å². The summed E-state index contributed by atoms with van der Waals surface area (Å²) in [4.78, 5) is 9.66. The topological polar surface area (TPSA) is 25.8 Å². The molecule has 0 aliphatic rings. The number of nitrogens with zero attached hydrogens (tertiary/aromatic N) is 2. The van der Waals surface area contributed by atoms with E-state index in [1.807, 2.05) is 44.2 Å². The second-order valence-electron chi connectivity index (χ2n) is 5.94. The first-order valence-corrected chi connectivity index (χ1v) is 8.52. The van der Waals surface area contributed by atoms with Crippen molar-refractivity contribution in [3.63, 3.8) is 0 Å². The van der Waals surface area contributed by atoms with Crippen molar-refractivity contribution in [2.24, 2.45) is 0 Å². The predicted molar refractivity (Wildman–Crippen MR) is 106 cm³/mol. The molecule has 0 aliphatic heterocycles. The number of hydrogen-bond donors (Lipinski definition) is 0. The van der Waals surface area contributed by atoms with Crippen LogP contribution in [-0.4, -0.2) is 9.97 Å². The normalized spacial score (nSPS) is 11.9. The molecule has 2 aromatic carbocycles. The maximum atomic E-state index is 4.83. The first-order chi connectivity index (χ1) is 12.2. The van der Waals surface area contributed by atoms with Crippen molar-refractivity contribution >= 4 is 5.57 Å². The molecule has 2 heteroatoms. The Kier molecular flexibility index (Phi) is 5.20. The maximum absolute atomic E-state index is 4.83. The Morgan fingerprint density at radius 1 is 0.840 bits per heavy atom. The highest BCUT2D eigenvalue weighted by molar-refractivity contribution is 5.76. The molecule has 0 fully saturated rings. The van der Waals surface area contributed by atoms with Crippen molar-refractivity contribution in [2.75, 3.05) is 0 Å². The minimum atomic E-state index is 0.754. The first kappa shape index (κ1) is 16.8. The lowest BCUT2D eigenvalue weighted by atomic mass is 10.1. The van der Waals surface area contributed by atoms with Gasteiger partial charge in [0.25, 0.3) is 0 Å². The van der Waals surface area contributed by atoms with Crippen LogP contribution in [0.15, 0.2) is 78.9 Å². The minimum absolute atomic E-state index is 0.754. The van der Waals surface area contributed by atoms with Crippen LogP contribution in [0.25, 0.3) is 28.2 Å². The molecule has 1 heterocycles. The molecule has 25 heavy (non-hydrogen) atoms. The van der Waals surface area contributed by atoms with Crippen LogP contribution in [0.5, 0.6) is 0 Å². The van der Waals surface area contributed by atoms with Crippen molar-refractivity contribution in [3.8, 4) is 22.6 Å². The van der Waals surface area contributed by atoms with E-state index >= 15 is 0 Å². The molecule has 0 N–H and O–H groups in total. The molecular weight excluding hydrogens is 304 g/mol. The van der Waals surface area contributed by atoms with E-state index in [0.717, 1.165) is 33.9 Å². The van der Waals surface area contributed by atoms with Gasteiger partial charge in [0.1, 0.15) is 0 Å². The summed E-state index contributed by atoms with van der Waals surface area (Å²) in [7, 11) is 0. The van der Waals surface area contributed by atoms with Gasteiger partial charge in [-0.3, -0.25) is 0 Å². The van der Waals surface area contributed by atoms with Gasteiger partial charge in [-0.15, -0.1) is 0 Å².